The van der Waals surface area contributed by atoms with Gasteiger partial charge in [-0.25, -0.2) is 4.79 Å². The van der Waals surface area contributed by atoms with Crippen LogP contribution in [0.25, 0.3) is 0 Å². The molecule has 2 N–H and O–H groups in total. The molecular weight excluding hydrogens is 220 g/mol. The van der Waals surface area contributed by atoms with Gasteiger partial charge in [-0.1, -0.05) is 0 Å². The van der Waals surface area contributed by atoms with Crippen molar-refractivity contribution in [3.63, 3.8) is 0 Å². The smallest absolute Gasteiger partial charge is 0.329 e. The monoisotopic (exact) mass is 234 g/mol. The Morgan fingerprint density at radius 3 is 2.47 bits per heavy atom. The number of pyridine rings is 1. The highest BCUT2D eigenvalue weighted by Crippen LogP contribution is 2.39. The van der Waals surface area contributed by atoms with E-state index in [2.05, 4.69) is 10.3 Å². The van der Waals surface area contributed by atoms with Crippen molar-refractivity contribution in [2.45, 2.75) is 25.3 Å². The van der Waals surface area contributed by atoms with Crippen LogP contribution < -0.4 is 5.32 Å². The number of nitrogens with zero attached hydrogens (tertiary/aromatic N) is 1. The van der Waals surface area contributed by atoms with E-state index in [4.69, 9.17) is 0 Å². The molecule has 1 fully saturated rings. The number of carbonyl (C=O) groups excluding carboxylic acids is 1. The lowest BCUT2D eigenvalue weighted by Gasteiger charge is -2.26. The second-order valence-corrected chi connectivity index (χ2v) is 4.47. The van der Waals surface area contributed by atoms with Crippen LogP contribution in [0.1, 0.15) is 30.1 Å². The van der Waals surface area contributed by atoms with E-state index in [0.717, 1.165) is 12.8 Å². The average molecular weight is 234 g/mol. The van der Waals surface area contributed by atoms with Crippen LogP contribution in [0.4, 0.5) is 0 Å². The number of aromatic nitrogens is 1. The predicted octanol–water partition coefficient (Wildman–Crippen LogP) is 1.06. The lowest BCUT2D eigenvalue weighted by atomic mass is 9.95. The molecule has 0 aliphatic heterocycles. The summed E-state index contributed by atoms with van der Waals surface area (Å²) in [5.74, 6) is -1.32. The van der Waals surface area contributed by atoms with Gasteiger partial charge in [-0.15, -0.1) is 0 Å². The molecule has 1 saturated carbocycles. The van der Waals surface area contributed by atoms with Gasteiger partial charge in [-0.05, 0) is 37.8 Å². The summed E-state index contributed by atoms with van der Waals surface area (Å²) < 4.78 is 0. The van der Waals surface area contributed by atoms with Gasteiger partial charge in [0.05, 0.1) is 0 Å². The zero-order chi connectivity index (χ0) is 12.5. The third-order valence-corrected chi connectivity index (χ3v) is 3.15. The van der Waals surface area contributed by atoms with Crippen molar-refractivity contribution in [1.82, 2.24) is 10.3 Å². The molecule has 1 unspecified atom stereocenters. The highest BCUT2D eigenvalue weighted by molar-refractivity contribution is 5.97. The first-order chi connectivity index (χ1) is 8.04. The highest BCUT2D eigenvalue weighted by atomic mass is 16.4. The summed E-state index contributed by atoms with van der Waals surface area (Å²) in [5.41, 5.74) is -0.742. The molecule has 17 heavy (non-hydrogen) atoms. The SMILES string of the molecule is CC(NC(=O)c1ccncc1)(C(=O)O)C1CC1. The molecule has 1 aliphatic rings. The number of nitrogens with one attached hydrogen (secondary N) is 1. The van der Waals surface area contributed by atoms with Gasteiger partial charge in [-0.2, -0.15) is 0 Å². The van der Waals surface area contributed by atoms with Crippen LogP contribution in [0.15, 0.2) is 24.5 Å². The summed E-state index contributed by atoms with van der Waals surface area (Å²) in [7, 11) is 0. The van der Waals surface area contributed by atoms with E-state index >= 15 is 0 Å². The van der Waals surface area contributed by atoms with Gasteiger partial charge in [0.1, 0.15) is 5.54 Å². The molecule has 5 heteroatoms. The first-order valence-corrected chi connectivity index (χ1v) is 5.50. The van der Waals surface area contributed by atoms with E-state index in [1.165, 1.54) is 12.4 Å². The number of hydrogen-bond donors (Lipinski definition) is 2. The largest absolute Gasteiger partial charge is 0.480 e. The number of aliphatic carboxylic acids is 1. The summed E-state index contributed by atoms with van der Waals surface area (Å²) in [6, 6.07) is 3.12. The Morgan fingerprint density at radius 1 is 1.41 bits per heavy atom. The van der Waals surface area contributed by atoms with Crippen LogP contribution in [0.5, 0.6) is 0 Å². The fourth-order valence-corrected chi connectivity index (χ4v) is 1.80. The minimum atomic E-state index is -1.17. The Kier molecular flexibility index (Phi) is 2.83. The zero-order valence-corrected chi connectivity index (χ0v) is 9.51. The van der Waals surface area contributed by atoms with Crippen molar-refractivity contribution in [3.05, 3.63) is 30.1 Å². The van der Waals surface area contributed by atoms with Gasteiger partial charge in [0.2, 0.25) is 0 Å². The van der Waals surface area contributed by atoms with E-state index in [1.807, 2.05) is 0 Å². The molecule has 1 atom stereocenters. The Labute approximate surface area is 98.9 Å². The fraction of sp³-hybridized carbons (Fsp3) is 0.417. The Balaban J connectivity index is 2.14. The van der Waals surface area contributed by atoms with Crippen LogP contribution in [-0.2, 0) is 4.79 Å². The van der Waals surface area contributed by atoms with Gasteiger partial charge in [0.15, 0.2) is 0 Å². The number of carbonyl (C=O) groups is 2. The van der Waals surface area contributed by atoms with E-state index in [-0.39, 0.29) is 11.8 Å². The molecule has 5 nitrogen and oxygen atoms in total. The van der Waals surface area contributed by atoms with E-state index < -0.39 is 11.5 Å². The van der Waals surface area contributed by atoms with Gasteiger partial charge in [0, 0.05) is 18.0 Å². The molecule has 1 aromatic heterocycles. The quantitative estimate of drug-likeness (QED) is 0.816. The summed E-state index contributed by atoms with van der Waals surface area (Å²) in [5, 5.41) is 11.8. The normalized spacial score (nSPS) is 18.2. The van der Waals surface area contributed by atoms with Crippen molar-refractivity contribution >= 4 is 11.9 Å². The predicted molar refractivity (Wildman–Crippen MR) is 60.5 cm³/mol. The maximum Gasteiger partial charge on any atom is 0.329 e. The molecule has 1 heterocycles. The van der Waals surface area contributed by atoms with E-state index in [9.17, 15) is 14.7 Å². The minimum absolute atomic E-state index is 0.0331. The first-order valence-electron chi connectivity index (χ1n) is 5.50. The molecule has 0 spiro atoms. The van der Waals surface area contributed by atoms with Gasteiger partial charge in [0.25, 0.3) is 5.91 Å². The third-order valence-electron chi connectivity index (χ3n) is 3.15. The summed E-state index contributed by atoms with van der Waals surface area (Å²) in [4.78, 5) is 26.9. The third kappa shape index (κ3) is 2.27. The first kappa shape index (κ1) is 11.6. The standard InChI is InChI=1S/C12H14N2O3/c1-12(11(16)17,9-2-3-9)14-10(15)8-4-6-13-7-5-8/h4-7,9H,2-3H2,1H3,(H,14,15)(H,16,17). The molecule has 0 bridgehead atoms. The van der Waals surface area contributed by atoms with Crippen molar-refractivity contribution < 1.29 is 14.7 Å². The molecule has 0 aromatic carbocycles. The summed E-state index contributed by atoms with van der Waals surface area (Å²) >= 11 is 0. The number of amides is 1. The number of carboxylic acid groups (broad SMARTS) is 1. The van der Waals surface area contributed by atoms with Crippen LogP contribution in [-0.4, -0.2) is 27.5 Å². The fourth-order valence-electron chi connectivity index (χ4n) is 1.80. The van der Waals surface area contributed by atoms with Crippen LogP contribution in [0, 0.1) is 5.92 Å². The number of rotatable bonds is 4. The van der Waals surface area contributed by atoms with Crippen LogP contribution >= 0.6 is 0 Å². The Morgan fingerprint density at radius 2 is 2.00 bits per heavy atom. The zero-order valence-electron chi connectivity index (χ0n) is 9.51. The molecule has 2 rings (SSSR count). The van der Waals surface area contributed by atoms with Gasteiger partial charge >= 0.3 is 5.97 Å². The van der Waals surface area contributed by atoms with E-state index in [0.29, 0.717) is 5.56 Å². The number of hydrogen-bond acceptors (Lipinski definition) is 3. The second-order valence-electron chi connectivity index (χ2n) is 4.47. The van der Waals surface area contributed by atoms with Gasteiger partial charge < -0.3 is 10.4 Å². The Bertz CT molecular complexity index is 442. The molecule has 0 radical (unpaired) electrons. The van der Waals surface area contributed by atoms with Crippen molar-refractivity contribution in [2.75, 3.05) is 0 Å². The summed E-state index contributed by atoms with van der Waals surface area (Å²) in [6.07, 6.45) is 4.70. The maximum absolute atomic E-state index is 11.9. The molecular formula is C12H14N2O3. The molecule has 0 saturated heterocycles. The highest BCUT2D eigenvalue weighted by Gasteiger charge is 2.48. The van der Waals surface area contributed by atoms with Crippen LogP contribution in [0.2, 0.25) is 0 Å². The molecule has 1 aromatic rings. The average Bonchev–Trinajstić information content (AvgIpc) is 3.13. The van der Waals surface area contributed by atoms with Crippen molar-refractivity contribution in [1.29, 1.82) is 0 Å². The molecule has 90 valence electrons. The summed E-state index contributed by atoms with van der Waals surface area (Å²) in [6.45, 7) is 1.56. The Hall–Kier alpha value is -1.91. The lowest BCUT2D eigenvalue weighted by molar-refractivity contribution is -0.144. The minimum Gasteiger partial charge on any atom is -0.480 e. The van der Waals surface area contributed by atoms with Crippen molar-refractivity contribution in [3.8, 4) is 0 Å². The molecule has 1 aliphatic carbocycles. The molecule has 1 amide bonds. The van der Waals surface area contributed by atoms with E-state index in [1.54, 1.807) is 19.1 Å². The van der Waals surface area contributed by atoms with Crippen molar-refractivity contribution in [2.24, 2.45) is 5.92 Å². The topological polar surface area (TPSA) is 79.3 Å². The maximum atomic E-state index is 11.9. The van der Waals surface area contributed by atoms with Gasteiger partial charge in [-0.3, -0.25) is 9.78 Å². The second kappa shape index (κ2) is 4.16. The lowest BCUT2D eigenvalue weighted by Crippen LogP contribution is -2.54. The van der Waals surface area contributed by atoms with Crippen LogP contribution in [0.3, 0.4) is 0 Å². The number of carboxylic acids is 1.